The Kier molecular flexibility index (Phi) is 5.26. The van der Waals surface area contributed by atoms with Crippen LogP contribution in [-0.2, 0) is 9.59 Å². The van der Waals surface area contributed by atoms with Crippen molar-refractivity contribution in [3.8, 4) is 0 Å². The van der Waals surface area contributed by atoms with Gasteiger partial charge in [-0.25, -0.2) is 4.79 Å². The van der Waals surface area contributed by atoms with Gasteiger partial charge in [-0.1, -0.05) is 6.92 Å². The molecule has 3 fully saturated rings. The fourth-order valence-corrected chi connectivity index (χ4v) is 6.68. The molecule has 0 aliphatic carbocycles. The van der Waals surface area contributed by atoms with Gasteiger partial charge in [0.25, 0.3) is 0 Å². The van der Waals surface area contributed by atoms with Gasteiger partial charge < -0.3 is 20.4 Å². The molecule has 4 aliphatic rings. The molecular weight excluding hydrogens is 366 g/mol. The zero-order chi connectivity index (χ0) is 19.3. The highest BCUT2D eigenvalue weighted by molar-refractivity contribution is 8.03. The van der Waals surface area contributed by atoms with E-state index in [1.807, 2.05) is 6.92 Å². The molecule has 0 aromatic heterocycles. The number of hydrogen-bond acceptors (Lipinski definition) is 6. The molecule has 1 amide bonds. The van der Waals surface area contributed by atoms with Gasteiger partial charge in [0.1, 0.15) is 5.70 Å². The number of carbonyl (C=O) groups excluding carboxylic acids is 1. The third kappa shape index (κ3) is 3.20. The number of aliphatic hydroxyl groups excluding tert-OH is 1. The van der Waals surface area contributed by atoms with Crippen molar-refractivity contribution in [3.05, 3.63) is 10.6 Å². The van der Waals surface area contributed by atoms with E-state index in [0.29, 0.717) is 11.3 Å². The molecule has 0 bridgehead atoms. The van der Waals surface area contributed by atoms with E-state index < -0.39 is 18.0 Å². The van der Waals surface area contributed by atoms with Gasteiger partial charge in [0.05, 0.1) is 18.1 Å². The number of β-lactam (4-membered cyclic amide) rings is 1. The van der Waals surface area contributed by atoms with Crippen LogP contribution in [0.3, 0.4) is 0 Å². The number of nitrogens with one attached hydrogen (secondary N) is 1. The Balaban J connectivity index is 1.48. The molecule has 150 valence electrons. The molecule has 4 heterocycles. The summed E-state index contributed by atoms with van der Waals surface area (Å²) < 4.78 is 0. The molecule has 6 atom stereocenters. The fourth-order valence-electron chi connectivity index (χ4n) is 5.19. The van der Waals surface area contributed by atoms with Gasteiger partial charge in [0.15, 0.2) is 0 Å². The van der Waals surface area contributed by atoms with Crippen LogP contribution in [0.15, 0.2) is 10.6 Å². The van der Waals surface area contributed by atoms with E-state index in [1.165, 1.54) is 17.7 Å². The number of amides is 1. The van der Waals surface area contributed by atoms with E-state index in [0.717, 1.165) is 37.5 Å². The summed E-state index contributed by atoms with van der Waals surface area (Å²) in [6, 6.07) is 0.366. The zero-order valence-corrected chi connectivity index (χ0v) is 16.7. The quantitative estimate of drug-likeness (QED) is 0.590. The van der Waals surface area contributed by atoms with E-state index in [1.54, 1.807) is 18.7 Å². The Labute approximate surface area is 164 Å². The maximum absolute atomic E-state index is 12.4. The largest absolute Gasteiger partial charge is 0.477 e. The van der Waals surface area contributed by atoms with Crippen molar-refractivity contribution in [2.24, 2.45) is 11.8 Å². The highest BCUT2D eigenvalue weighted by atomic mass is 32.2. The summed E-state index contributed by atoms with van der Waals surface area (Å²) in [4.78, 5) is 29.1. The summed E-state index contributed by atoms with van der Waals surface area (Å²) in [5.41, 5.74) is 0.150. The monoisotopic (exact) mass is 395 g/mol. The van der Waals surface area contributed by atoms with Crippen LogP contribution in [-0.4, -0.2) is 81.5 Å². The molecule has 0 spiro atoms. The van der Waals surface area contributed by atoms with Gasteiger partial charge in [0, 0.05) is 35.2 Å². The number of carboxylic acids is 1. The first-order chi connectivity index (χ1) is 12.9. The number of thioether (sulfide) groups is 1. The Bertz CT molecular complexity index is 661. The second-order valence-corrected chi connectivity index (χ2v) is 9.64. The average Bonchev–Trinajstić information content (AvgIpc) is 3.18. The minimum absolute atomic E-state index is 0.0382. The summed E-state index contributed by atoms with van der Waals surface area (Å²) in [7, 11) is 0. The van der Waals surface area contributed by atoms with E-state index in [-0.39, 0.29) is 23.6 Å². The van der Waals surface area contributed by atoms with Gasteiger partial charge >= 0.3 is 5.97 Å². The lowest BCUT2D eigenvalue weighted by molar-refractivity contribution is -0.163. The first kappa shape index (κ1) is 19.2. The summed E-state index contributed by atoms with van der Waals surface area (Å²) in [5.74, 6) is -1.81. The fraction of sp³-hybridized carbons (Fsp3) is 0.789. The van der Waals surface area contributed by atoms with Crippen LogP contribution in [0.2, 0.25) is 0 Å². The lowest BCUT2D eigenvalue weighted by atomic mass is 9.79. The molecule has 27 heavy (non-hydrogen) atoms. The third-order valence-electron chi connectivity index (χ3n) is 6.57. The van der Waals surface area contributed by atoms with Crippen LogP contribution in [0.4, 0.5) is 0 Å². The minimum atomic E-state index is -1.03. The highest BCUT2D eigenvalue weighted by Gasteiger charge is 2.60. The normalized spacial score (nSPS) is 38.1. The number of carboxylic acid groups (broad SMARTS) is 1. The molecular formula is C19H29N3O4S. The van der Waals surface area contributed by atoms with Crippen LogP contribution >= 0.6 is 11.8 Å². The SMILES string of the molecule is C[C@@H](O)[C@H]1C(=O)N2C(C(=O)O)=C(S[C@@H]3CCN(C4CCCNC4)C3)[C@H](C)[C@H]12. The summed E-state index contributed by atoms with van der Waals surface area (Å²) >= 11 is 1.65. The number of likely N-dealkylation sites (tertiary alicyclic amines) is 1. The summed E-state index contributed by atoms with van der Waals surface area (Å²) in [5, 5.41) is 23.5. The predicted octanol–water partition coefficient (Wildman–Crippen LogP) is 0.700. The van der Waals surface area contributed by atoms with Crippen molar-refractivity contribution in [3.63, 3.8) is 0 Å². The molecule has 3 N–H and O–H groups in total. The average molecular weight is 396 g/mol. The smallest absolute Gasteiger partial charge is 0.353 e. The van der Waals surface area contributed by atoms with Crippen molar-refractivity contribution < 1.29 is 19.8 Å². The van der Waals surface area contributed by atoms with Gasteiger partial charge in [-0.05, 0) is 39.3 Å². The van der Waals surface area contributed by atoms with Crippen molar-refractivity contribution in [1.29, 1.82) is 0 Å². The number of nitrogens with zero attached hydrogens (tertiary/aromatic N) is 2. The minimum Gasteiger partial charge on any atom is -0.477 e. The lowest BCUT2D eigenvalue weighted by Gasteiger charge is -2.46. The van der Waals surface area contributed by atoms with E-state index >= 15 is 0 Å². The Morgan fingerprint density at radius 1 is 1.37 bits per heavy atom. The van der Waals surface area contributed by atoms with E-state index in [4.69, 9.17) is 0 Å². The van der Waals surface area contributed by atoms with Crippen molar-refractivity contribution in [2.45, 2.75) is 56.5 Å². The number of aliphatic hydroxyl groups is 1. The van der Waals surface area contributed by atoms with Crippen LogP contribution in [0.5, 0.6) is 0 Å². The zero-order valence-electron chi connectivity index (χ0n) is 15.9. The summed E-state index contributed by atoms with van der Waals surface area (Å²) in [6.07, 6.45) is 2.73. The lowest BCUT2D eigenvalue weighted by Crippen LogP contribution is -2.63. The second kappa shape index (κ2) is 7.39. The highest BCUT2D eigenvalue weighted by Crippen LogP contribution is 2.52. The Hall–Kier alpha value is -1.09. The summed E-state index contributed by atoms with van der Waals surface area (Å²) in [6.45, 7) is 7.78. The van der Waals surface area contributed by atoms with E-state index in [9.17, 15) is 19.8 Å². The van der Waals surface area contributed by atoms with Crippen LogP contribution in [0.25, 0.3) is 0 Å². The number of carbonyl (C=O) groups is 2. The first-order valence-electron chi connectivity index (χ1n) is 10.00. The molecule has 4 rings (SSSR count). The molecule has 4 aliphatic heterocycles. The Morgan fingerprint density at radius 3 is 2.78 bits per heavy atom. The topological polar surface area (TPSA) is 93.1 Å². The van der Waals surface area contributed by atoms with Gasteiger partial charge in [-0.3, -0.25) is 9.69 Å². The molecule has 0 aromatic carbocycles. The molecule has 1 unspecified atom stereocenters. The Morgan fingerprint density at radius 2 is 2.15 bits per heavy atom. The van der Waals surface area contributed by atoms with Gasteiger partial charge in [-0.2, -0.15) is 0 Å². The predicted molar refractivity (Wildman–Crippen MR) is 103 cm³/mol. The molecule has 0 saturated carbocycles. The van der Waals surface area contributed by atoms with Crippen molar-refractivity contribution in [2.75, 3.05) is 26.2 Å². The number of hydrogen-bond donors (Lipinski definition) is 3. The number of aliphatic carboxylic acids is 1. The van der Waals surface area contributed by atoms with Crippen molar-refractivity contribution in [1.82, 2.24) is 15.1 Å². The molecule has 8 heteroatoms. The number of piperidine rings is 1. The van der Waals surface area contributed by atoms with Gasteiger partial charge in [0.2, 0.25) is 5.91 Å². The number of fused-ring (bicyclic) bond motifs is 1. The second-order valence-electron chi connectivity index (χ2n) is 8.30. The standard InChI is InChI=1S/C19H29N3O4S/c1-10-15-14(11(2)23)18(24)22(15)16(19(25)26)17(10)27-13-5-7-21(9-13)12-4-3-6-20-8-12/h10-15,20,23H,3-9H2,1-2H3,(H,25,26)/t10-,11-,12?,13-,14-,15-/m1/s1. The van der Waals surface area contributed by atoms with Crippen LogP contribution < -0.4 is 5.32 Å². The van der Waals surface area contributed by atoms with Crippen LogP contribution in [0.1, 0.15) is 33.1 Å². The van der Waals surface area contributed by atoms with Crippen molar-refractivity contribution >= 4 is 23.6 Å². The maximum atomic E-state index is 12.4. The van der Waals surface area contributed by atoms with Gasteiger partial charge in [-0.15, -0.1) is 11.8 Å². The van der Waals surface area contributed by atoms with E-state index in [2.05, 4.69) is 10.2 Å². The number of rotatable bonds is 5. The third-order valence-corrected chi connectivity index (χ3v) is 8.11. The van der Waals surface area contributed by atoms with Crippen LogP contribution in [0, 0.1) is 11.8 Å². The molecule has 0 radical (unpaired) electrons. The first-order valence-corrected chi connectivity index (χ1v) is 10.9. The molecule has 3 saturated heterocycles. The molecule has 0 aromatic rings. The molecule has 7 nitrogen and oxygen atoms in total. The maximum Gasteiger partial charge on any atom is 0.353 e.